The van der Waals surface area contributed by atoms with Crippen molar-refractivity contribution < 1.29 is 15.0 Å². The van der Waals surface area contributed by atoms with Crippen molar-refractivity contribution in [3.8, 4) is 5.75 Å². The minimum Gasteiger partial charge on any atom is -0.508 e. The van der Waals surface area contributed by atoms with Crippen LogP contribution in [-0.2, 0) is 11.2 Å². The molecule has 1 aliphatic rings. The molecule has 1 fully saturated rings. The molecule has 0 aromatic heterocycles. The lowest BCUT2D eigenvalue weighted by atomic mass is 10.1. The maximum Gasteiger partial charge on any atom is 0.220 e. The number of amides is 1. The van der Waals surface area contributed by atoms with Gasteiger partial charge in [-0.25, -0.2) is 0 Å². The summed E-state index contributed by atoms with van der Waals surface area (Å²) in [7, 11) is 0. The lowest BCUT2D eigenvalue weighted by molar-refractivity contribution is -0.122. The van der Waals surface area contributed by atoms with E-state index >= 15 is 0 Å². The van der Waals surface area contributed by atoms with Gasteiger partial charge in [-0.15, -0.1) is 0 Å². The Labute approximate surface area is 100 Å². The molecule has 4 nitrogen and oxygen atoms in total. The second-order valence-corrected chi connectivity index (χ2v) is 4.62. The van der Waals surface area contributed by atoms with Crippen LogP contribution < -0.4 is 5.32 Å². The summed E-state index contributed by atoms with van der Waals surface area (Å²) in [5, 5.41) is 21.5. The number of aliphatic hydroxyl groups is 1. The summed E-state index contributed by atoms with van der Waals surface area (Å²) in [4.78, 5) is 11.6. The van der Waals surface area contributed by atoms with Crippen LogP contribution in [0.2, 0.25) is 0 Å². The Bertz CT molecular complexity index is 413. The Hall–Kier alpha value is -1.55. The van der Waals surface area contributed by atoms with E-state index in [-0.39, 0.29) is 23.8 Å². The molecule has 1 saturated carbocycles. The Morgan fingerprint density at radius 1 is 1.35 bits per heavy atom. The SMILES string of the molecule is O=C(CCc1ccccc1O)NC1(CO)CC1. The van der Waals surface area contributed by atoms with Gasteiger partial charge in [0.1, 0.15) is 5.75 Å². The zero-order chi connectivity index (χ0) is 12.3. The van der Waals surface area contributed by atoms with Gasteiger partial charge in [0.2, 0.25) is 5.91 Å². The predicted molar refractivity (Wildman–Crippen MR) is 63.6 cm³/mol. The maximum atomic E-state index is 11.6. The van der Waals surface area contributed by atoms with E-state index in [1.165, 1.54) is 0 Å². The van der Waals surface area contributed by atoms with Crippen molar-refractivity contribution in [1.82, 2.24) is 5.32 Å². The van der Waals surface area contributed by atoms with Crippen LogP contribution in [0.5, 0.6) is 5.75 Å². The molecule has 0 aliphatic heterocycles. The number of aliphatic hydroxyl groups excluding tert-OH is 1. The summed E-state index contributed by atoms with van der Waals surface area (Å²) in [6.07, 6.45) is 2.55. The van der Waals surface area contributed by atoms with Gasteiger partial charge in [-0.05, 0) is 30.9 Å². The molecule has 2 rings (SSSR count). The minimum atomic E-state index is -0.351. The second-order valence-electron chi connectivity index (χ2n) is 4.62. The predicted octanol–water partition coefficient (Wildman–Crippen LogP) is 0.966. The number of nitrogens with one attached hydrogen (secondary N) is 1. The third-order valence-electron chi connectivity index (χ3n) is 3.17. The first kappa shape index (κ1) is 11.9. The molecule has 1 amide bonds. The third-order valence-corrected chi connectivity index (χ3v) is 3.17. The number of carbonyl (C=O) groups is 1. The first-order valence-electron chi connectivity index (χ1n) is 5.84. The van der Waals surface area contributed by atoms with Crippen LogP contribution in [0, 0.1) is 0 Å². The highest BCUT2D eigenvalue weighted by atomic mass is 16.3. The van der Waals surface area contributed by atoms with Gasteiger partial charge < -0.3 is 15.5 Å². The maximum absolute atomic E-state index is 11.6. The van der Waals surface area contributed by atoms with Crippen molar-refractivity contribution in [3.63, 3.8) is 0 Å². The molecular formula is C13H17NO3. The first-order valence-corrected chi connectivity index (χ1v) is 5.84. The van der Waals surface area contributed by atoms with Crippen molar-refractivity contribution in [3.05, 3.63) is 29.8 Å². The van der Waals surface area contributed by atoms with Gasteiger partial charge in [0.15, 0.2) is 0 Å². The average molecular weight is 235 g/mol. The van der Waals surface area contributed by atoms with Crippen LogP contribution in [0.4, 0.5) is 0 Å². The van der Waals surface area contributed by atoms with E-state index in [0.29, 0.717) is 12.8 Å². The molecule has 0 atom stereocenters. The molecule has 92 valence electrons. The summed E-state index contributed by atoms with van der Waals surface area (Å²) >= 11 is 0. The Morgan fingerprint density at radius 2 is 2.06 bits per heavy atom. The highest BCUT2D eigenvalue weighted by Crippen LogP contribution is 2.34. The molecule has 1 aliphatic carbocycles. The van der Waals surface area contributed by atoms with E-state index in [1.807, 2.05) is 12.1 Å². The number of benzene rings is 1. The van der Waals surface area contributed by atoms with Crippen molar-refractivity contribution in [2.75, 3.05) is 6.61 Å². The topological polar surface area (TPSA) is 69.6 Å². The van der Waals surface area contributed by atoms with Crippen LogP contribution in [-0.4, -0.2) is 28.3 Å². The van der Waals surface area contributed by atoms with Gasteiger partial charge in [-0.1, -0.05) is 18.2 Å². The van der Waals surface area contributed by atoms with Crippen LogP contribution in [0.25, 0.3) is 0 Å². The van der Waals surface area contributed by atoms with Crippen LogP contribution in [0.15, 0.2) is 24.3 Å². The average Bonchev–Trinajstić information content (AvgIpc) is 3.08. The number of phenolic OH excluding ortho intramolecular Hbond substituents is 1. The molecule has 3 N–H and O–H groups in total. The Kier molecular flexibility index (Phi) is 3.33. The highest BCUT2D eigenvalue weighted by Gasteiger charge is 2.43. The summed E-state index contributed by atoms with van der Waals surface area (Å²) in [5.74, 6) is 0.156. The highest BCUT2D eigenvalue weighted by molar-refractivity contribution is 5.77. The standard InChI is InChI=1S/C13H17NO3/c15-9-13(7-8-13)14-12(17)6-5-10-3-1-2-4-11(10)16/h1-4,15-16H,5-9H2,(H,14,17). The normalized spacial score (nSPS) is 16.5. The van der Waals surface area contributed by atoms with Crippen molar-refractivity contribution >= 4 is 5.91 Å². The van der Waals surface area contributed by atoms with Crippen molar-refractivity contribution in [1.29, 1.82) is 0 Å². The fourth-order valence-corrected chi connectivity index (χ4v) is 1.80. The van der Waals surface area contributed by atoms with E-state index in [2.05, 4.69) is 5.32 Å². The fraction of sp³-hybridized carbons (Fsp3) is 0.462. The van der Waals surface area contributed by atoms with Crippen LogP contribution in [0.3, 0.4) is 0 Å². The molecule has 0 saturated heterocycles. The lowest BCUT2D eigenvalue weighted by Crippen LogP contribution is -2.39. The number of carbonyl (C=O) groups excluding carboxylic acids is 1. The number of rotatable bonds is 5. The van der Waals surface area contributed by atoms with Gasteiger partial charge in [0.05, 0.1) is 12.1 Å². The Balaban J connectivity index is 1.82. The number of aryl methyl sites for hydroxylation is 1. The largest absolute Gasteiger partial charge is 0.508 e. The summed E-state index contributed by atoms with van der Waals surface area (Å²) < 4.78 is 0. The van der Waals surface area contributed by atoms with Crippen molar-refractivity contribution in [2.45, 2.75) is 31.2 Å². The molecule has 0 radical (unpaired) electrons. The van der Waals surface area contributed by atoms with Crippen LogP contribution >= 0.6 is 0 Å². The Morgan fingerprint density at radius 3 is 2.65 bits per heavy atom. The quantitative estimate of drug-likeness (QED) is 0.712. The van der Waals surface area contributed by atoms with E-state index in [0.717, 1.165) is 18.4 Å². The molecular weight excluding hydrogens is 218 g/mol. The third kappa shape index (κ3) is 2.97. The monoisotopic (exact) mass is 235 g/mol. The minimum absolute atomic E-state index is 0.00925. The number of para-hydroxylation sites is 1. The van der Waals surface area contributed by atoms with E-state index in [4.69, 9.17) is 5.11 Å². The van der Waals surface area contributed by atoms with Gasteiger partial charge in [-0.2, -0.15) is 0 Å². The molecule has 1 aromatic rings. The number of aromatic hydroxyl groups is 1. The van der Waals surface area contributed by atoms with Gasteiger partial charge >= 0.3 is 0 Å². The van der Waals surface area contributed by atoms with Gasteiger partial charge in [0.25, 0.3) is 0 Å². The second kappa shape index (κ2) is 4.75. The number of hydrogen-bond acceptors (Lipinski definition) is 3. The number of phenols is 1. The van der Waals surface area contributed by atoms with Crippen molar-refractivity contribution in [2.24, 2.45) is 0 Å². The molecule has 0 heterocycles. The lowest BCUT2D eigenvalue weighted by Gasteiger charge is -2.14. The first-order chi connectivity index (χ1) is 8.15. The van der Waals surface area contributed by atoms with Gasteiger partial charge in [-0.3, -0.25) is 4.79 Å². The van der Waals surface area contributed by atoms with Gasteiger partial charge in [0, 0.05) is 6.42 Å². The summed E-state index contributed by atoms with van der Waals surface area (Å²) in [6, 6.07) is 7.01. The zero-order valence-corrected chi connectivity index (χ0v) is 9.65. The van der Waals surface area contributed by atoms with E-state index in [1.54, 1.807) is 12.1 Å². The molecule has 0 unspecified atom stereocenters. The number of hydrogen-bond donors (Lipinski definition) is 3. The molecule has 1 aromatic carbocycles. The molecule has 4 heteroatoms. The van der Waals surface area contributed by atoms with Crippen LogP contribution in [0.1, 0.15) is 24.8 Å². The summed E-state index contributed by atoms with van der Waals surface area (Å²) in [6.45, 7) is 0.00925. The molecule has 17 heavy (non-hydrogen) atoms. The molecule has 0 spiro atoms. The van der Waals surface area contributed by atoms with E-state index < -0.39 is 0 Å². The zero-order valence-electron chi connectivity index (χ0n) is 9.65. The summed E-state index contributed by atoms with van der Waals surface area (Å²) in [5.41, 5.74) is 0.423. The fourth-order valence-electron chi connectivity index (χ4n) is 1.80. The molecule has 0 bridgehead atoms. The smallest absolute Gasteiger partial charge is 0.220 e. The van der Waals surface area contributed by atoms with E-state index in [9.17, 15) is 9.90 Å².